The van der Waals surface area contributed by atoms with Gasteiger partial charge in [-0.1, -0.05) is 0 Å². The molecule has 0 unspecified atom stereocenters. The maximum atomic E-state index is 13.0. The lowest BCUT2D eigenvalue weighted by Crippen LogP contribution is -1.91. The summed E-state index contributed by atoms with van der Waals surface area (Å²) in [6.07, 6.45) is 3.36. The van der Waals surface area contributed by atoms with E-state index in [1.165, 1.54) is 12.1 Å². The summed E-state index contributed by atoms with van der Waals surface area (Å²) < 4.78 is 20.2. The predicted molar refractivity (Wildman–Crippen MR) is 69.3 cm³/mol. The molecule has 0 aromatic carbocycles. The number of aryl methyl sites for hydroxylation is 1. The minimum absolute atomic E-state index is 0.172. The lowest BCUT2D eigenvalue weighted by molar-refractivity contribution is 0.559. The Balaban J connectivity index is 1.91. The van der Waals surface area contributed by atoms with Gasteiger partial charge in [-0.25, -0.2) is 9.97 Å². The lowest BCUT2D eigenvalue weighted by Gasteiger charge is -1.96. The van der Waals surface area contributed by atoms with Gasteiger partial charge in [0, 0.05) is 18.6 Å². The summed E-state index contributed by atoms with van der Waals surface area (Å²) >= 11 is 0. The molecule has 4 rings (SSSR count). The minimum atomic E-state index is -0.596. The Morgan fingerprint density at radius 3 is 3.00 bits per heavy atom. The van der Waals surface area contributed by atoms with Crippen LogP contribution < -0.4 is 0 Å². The number of rotatable bonds is 1. The molecule has 4 aromatic rings. The van der Waals surface area contributed by atoms with Gasteiger partial charge in [-0.2, -0.15) is 14.5 Å². The quantitative estimate of drug-likeness (QED) is 0.496. The largest absolute Gasteiger partial charge is 0.418 e. The first kappa shape index (κ1) is 11.0. The molecule has 0 aliphatic rings. The second-order valence-corrected chi connectivity index (χ2v) is 4.38. The Morgan fingerprint density at radius 1 is 1.20 bits per heavy atom. The minimum Gasteiger partial charge on any atom is -0.418 e. The average Bonchev–Trinajstić information content (AvgIpc) is 3.02. The maximum absolute atomic E-state index is 13.0. The molecule has 0 saturated carbocycles. The molecular formula is C13H8FN5O. The second kappa shape index (κ2) is 3.83. The van der Waals surface area contributed by atoms with Crippen molar-refractivity contribution in [2.75, 3.05) is 0 Å². The van der Waals surface area contributed by atoms with Gasteiger partial charge in [-0.05, 0) is 18.2 Å². The SMILES string of the molecule is Cn1ncc2cc(-c3nc4ccc(F)nc4o3)cnc21. The smallest absolute Gasteiger partial charge is 0.250 e. The Kier molecular flexibility index (Phi) is 2.11. The van der Waals surface area contributed by atoms with Crippen molar-refractivity contribution in [2.24, 2.45) is 7.05 Å². The Hall–Kier alpha value is -2.83. The Morgan fingerprint density at radius 2 is 2.10 bits per heavy atom. The number of aromatic nitrogens is 5. The molecule has 4 aromatic heterocycles. The van der Waals surface area contributed by atoms with Crippen molar-refractivity contribution >= 4 is 22.3 Å². The molecule has 4 heterocycles. The fraction of sp³-hybridized carbons (Fsp3) is 0.0769. The number of pyridine rings is 2. The molecule has 0 saturated heterocycles. The van der Waals surface area contributed by atoms with E-state index in [0.29, 0.717) is 17.0 Å². The molecule has 0 aliphatic carbocycles. The number of nitrogens with zero attached hydrogens (tertiary/aromatic N) is 5. The van der Waals surface area contributed by atoms with E-state index in [4.69, 9.17) is 4.42 Å². The molecule has 0 radical (unpaired) electrons. The van der Waals surface area contributed by atoms with Crippen LogP contribution in [0.1, 0.15) is 0 Å². The average molecular weight is 269 g/mol. The molecule has 0 spiro atoms. The zero-order chi connectivity index (χ0) is 13.7. The standard InChI is InChI=1S/C13H8FN5O/c1-19-11-7(6-16-19)4-8(5-15-11)12-17-9-2-3-10(14)18-13(9)20-12/h2-6H,1H3. The lowest BCUT2D eigenvalue weighted by atomic mass is 10.2. The van der Waals surface area contributed by atoms with E-state index in [0.717, 1.165) is 11.0 Å². The molecule has 0 fully saturated rings. The number of fused-ring (bicyclic) bond motifs is 2. The highest BCUT2D eigenvalue weighted by Gasteiger charge is 2.12. The van der Waals surface area contributed by atoms with Crippen LogP contribution in [0.4, 0.5) is 4.39 Å². The Labute approximate surface area is 111 Å². The normalized spacial score (nSPS) is 11.5. The first-order chi connectivity index (χ1) is 9.70. The summed E-state index contributed by atoms with van der Waals surface area (Å²) in [5.74, 6) is -0.239. The fourth-order valence-electron chi connectivity index (χ4n) is 2.08. The van der Waals surface area contributed by atoms with Gasteiger partial charge in [0.25, 0.3) is 0 Å². The van der Waals surface area contributed by atoms with Crippen LogP contribution in [0.3, 0.4) is 0 Å². The van der Waals surface area contributed by atoms with Crippen LogP contribution in [-0.4, -0.2) is 24.7 Å². The molecule has 98 valence electrons. The van der Waals surface area contributed by atoms with Crippen LogP contribution in [0.25, 0.3) is 33.7 Å². The monoisotopic (exact) mass is 269 g/mol. The van der Waals surface area contributed by atoms with Crippen LogP contribution in [0.15, 0.2) is 35.0 Å². The van der Waals surface area contributed by atoms with Gasteiger partial charge in [-0.15, -0.1) is 0 Å². The summed E-state index contributed by atoms with van der Waals surface area (Å²) in [7, 11) is 1.82. The molecule has 0 atom stereocenters. The van der Waals surface area contributed by atoms with E-state index in [2.05, 4.69) is 20.1 Å². The van der Waals surface area contributed by atoms with Gasteiger partial charge < -0.3 is 4.42 Å². The highest BCUT2D eigenvalue weighted by Crippen LogP contribution is 2.25. The highest BCUT2D eigenvalue weighted by molar-refractivity contribution is 5.80. The van der Waals surface area contributed by atoms with Crippen molar-refractivity contribution in [3.63, 3.8) is 0 Å². The zero-order valence-electron chi connectivity index (χ0n) is 10.4. The van der Waals surface area contributed by atoms with E-state index in [1.54, 1.807) is 17.1 Å². The van der Waals surface area contributed by atoms with Crippen LogP contribution >= 0.6 is 0 Å². The summed E-state index contributed by atoms with van der Waals surface area (Å²) in [5, 5.41) is 5.01. The molecule has 0 bridgehead atoms. The summed E-state index contributed by atoms with van der Waals surface area (Å²) in [4.78, 5) is 12.2. The third kappa shape index (κ3) is 1.56. The fourth-order valence-corrected chi connectivity index (χ4v) is 2.08. The number of halogens is 1. The number of hydrogen-bond donors (Lipinski definition) is 0. The first-order valence-corrected chi connectivity index (χ1v) is 5.92. The van der Waals surface area contributed by atoms with Gasteiger partial charge in [0.2, 0.25) is 17.6 Å². The maximum Gasteiger partial charge on any atom is 0.250 e. The van der Waals surface area contributed by atoms with Crippen molar-refractivity contribution in [1.29, 1.82) is 0 Å². The van der Waals surface area contributed by atoms with Gasteiger partial charge in [0.05, 0.1) is 11.8 Å². The molecular weight excluding hydrogens is 261 g/mol. The number of hydrogen-bond acceptors (Lipinski definition) is 5. The summed E-state index contributed by atoms with van der Waals surface area (Å²) in [6.45, 7) is 0. The summed E-state index contributed by atoms with van der Waals surface area (Å²) in [5.41, 5.74) is 2.15. The van der Waals surface area contributed by atoms with Crippen molar-refractivity contribution < 1.29 is 8.81 Å². The molecule has 0 amide bonds. The third-order valence-corrected chi connectivity index (χ3v) is 3.04. The van der Waals surface area contributed by atoms with Crippen LogP contribution in [-0.2, 0) is 7.05 Å². The molecule has 0 aliphatic heterocycles. The van der Waals surface area contributed by atoms with Crippen LogP contribution in [0.5, 0.6) is 0 Å². The topological polar surface area (TPSA) is 69.6 Å². The van der Waals surface area contributed by atoms with Crippen LogP contribution in [0, 0.1) is 5.95 Å². The van der Waals surface area contributed by atoms with E-state index in [1.807, 2.05) is 13.1 Å². The third-order valence-electron chi connectivity index (χ3n) is 3.04. The Bertz CT molecular complexity index is 942. The van der Waals surface area contributed by atoms with Crippen molar-refractivity contribution in [1.82, 2.24) is 24.7 Å². The second-order valence-electron chi connectivity index (χ2n) is 4.38. The first-order valence-electron chi connectivity index (χ1n) is 5.92. The molecule has 6 nitrogen and oxygen atoms in total. The van der Waals surface area contributed by atoms with Crippen molar-refractivity contribution in [3.8, 4) is 11.5 Å². The van der Waals surface area contributed by atoms with Gasteiger partial charge in [-0.3, -0.25) is 4.68 Å². The highest BCUT2D eigenvalue weighted by atomic mass is 19.1. The van der Waals surface area contributed by atoms with E-state index in [-0.39, 0.29) is 5.71 Å². The van der Waals surface area contributed by atoms with E-state index < -0.39 is 5.95 Å². The molecule has 20 heavy (non-hydrogen) atoms. The van der Waals surface area contributed by atoms with E-state index >= 15 is 0 Å². The van der Waals surface area contributed by atoms with Gasteiger partial charge >= 0.3 is 0 Å². The van der Waals surface area contributed by atoms with Crippen molar-refractivity contribution in [3.05, 3.63) is 36.5 Å². The van der Waals surface area contributed by atoms with Gasteiger partial charge in [0.15, 0.2) is 5.65 Å². The predicted octanol–water partition coefficient (Wildman–Crippen LogP) is 2.31. The van der Waals surface area contributed by atoms with Gasteiger partial charge in [0.1, 0.15) is 5.52 Å². The molecule has 0 N–H and O–H groups in total. The van der Waals surface area contributed by atoms with Crippen molar-refractivity contribution in [2.45, 2.75) is 0 Å². The van der Waals surface area contributed by atoms with E-state index in [9.17, 15) is 4.39 Å². The molecule has 7 heteroatoms. The van der Waals surface area contributed by atoms with Crippen LogP contribution in [0.2, 0.25) is 0 Å². The zero-order valence-corrected chi connectivity index (χ0v) is 10.4. The summed E-state index contributed by atoms with van der Waals surface area (Å²) in [6, 6.07) is 4.65. The number of oxazole rings is 1.